The summed E-state index contributed by atoms with van der Waals surface area (Å²) in [5.41, 5.74) is 7.12. The summed E-state index contributed by atoms with van der Waals surface area (Å²) in [6, 6.07) is 16.1. The molecule has 0 amide bonds. The number of nitrogens with two attached hydrogens (primary N) is 1. The number of benzene rings is 2. The van der Waals surface area contributed by atoms with E-state index in [-0.39, 0.29) is 6.04 Å². The van der Waals surface area contributed by atoms with Crippen LogP contribution in [-0.4, -0.2) is 0 Å². The highest BCUT2D eigenvalue weighted by Crippen LogP contribution is 2.33. The minimum atomic E-state index is 0.0397. The summed E-state index contributed by atoms with van der Waals surface area (Å²) in [5, 5.41) is 0.758. The molecule has 0 saturated heterocycles. The summed E-state index contributed by atoms with van der Waals surface area (Å²) in [7, 11) is 0. The van der Waals surface area contributed by atoms with Crippen LogP contribution in [0, 0.1) is 0 Å². The normalized spacial score (nSPS) is 12.4. The summed E-state index contributed by atoms with van der Waals surface area (Å²) < 4.78 is 0. The summed E-state index contributed by atoms with van der Waals surface area (Å²) in [6.45, 7) is 2.00. The zero-order valence-corrected chi connectivity index (χ0v) is 11.1. The average Bonchev–Trinajstić information content (AvgIpc) is 2.29. The third kappa shape index (κ3) is 3.25. The van der Waals surface area contributed by atoms with Gasteiger partial charge in [0.25, 0.3) is 0 Å². The molecule has 0 aliphatic rings. The molecule has 2 N–H and O–H groups in total. The largest absolute Gasteiger partial charge is 0.324 e. The Morgan fingerprint density at radius 3 is 2.59 bits per heavy atom. The molecule has 0 spiro atoms. The van der Waals surface area contributed by atoms with Crippen LogP contribution >= 0.6 is 23.4 Å². The summed E-state index contributed by atoms with van der Waals surface area (Å²) in [4.78, 5) is 2.32. The Morgan fingerprint density at radius 1 is 1.12 bits per heavy atom. The van der Waals surface area contributed by atoms with Crippen LogP contribution in [-0.2, 0) is 0 Å². The smallest absolute Gasteiger partial charge is 0.0417 e. The fraction of sp³-hybridized carbons (Fsp3) is 0.143. The molecule has 2 aromatic rings. The Kier molecular flexibility index (Phi) is 4.11. The molecule has 2 rings (SSSR count). The van der Waals surface area contributed by atoms with E-state index in [1.165, 1.54) is 4.90 Å². The molecule has 0 bridgehead atoms. The molecule has 1 atom stereocenters. The van der Waals surface area contributed by atoms with Crippen molar-refractivity contribution in [2.45, 2.75) is 22.8 Å². The maximum Gasteiger partial charge on any atom is 0.0417 e. The summed E-state index contributed by atoms with van der Waals surface area (Å²) in [6.07, 6.45) is 0. The lowest BCUT2D eigenvalue weighted by molar-refractivity contribution is 0.797. The van der Waals surface area contributed by atoms with Crippen LogP contribution in [0.2, 0.25) is 5.02 Å². The maximum absolute atomic E-state index is 5.98. The molecule has 0 aliphatic carbocycles. The van der Waals surface area contributed by atoms with Gasteiger partial charge < -0.3 is 5.73 Å². The van der Waals surface area contributed by atoms with Crippen molar-refractivity contribution < 1.29 is 0 Å². The molecule has 17 heavy (non-hydrogen) atoms. The lowest BCUT2D eigenvalue weighted by atomic mass is 10.1. The van der Waals surface area contributed by atoms with Crippen molar-refractivity contribution in [1.29, 1.82) is 0 Å². The van der Waals surface area contributed by atoms with Crippen molar-refractivity contribution >= 4 is 23.4 Å². The van der Waals surface area contributed by atoms with Crippen molar-refractivity contribution in [2.75, 3.05) is 0 Å². The van der Waals surface area contributed by atoms with Crippen LogP contribution in [0.15, 0.2) is 58.3 Å². The van der Waals surface area contributed by atoms with Crippen LogP contribution in [0.4, 0.5) is 0 Å². The molecule has 0 heterocycles. The van der Waals surface area contributed by atoms with Crippen LogP contribution < -0.4 is 5.73 Å². The standard InChI is InChI=1S/C14H14ClNS/c1-10(16)13-7-2-3-8-14(13)17-12-6-4-5-11(15)9-12/h2-10H,16H2,1H3. The third-order valence-corrected chi connectivity index (χ3v) is 3.75. The minimum Gasteiger partial charge on any atom is -0.324 e. The predicted molar refractivity (Wildman–Crippen MR) is 74.6 cm³/mol. The van der Waals surface area contributed by atoms with E-state index in [4.69, 9.17) is 17.3 Å². The molecule has 88 valence electrons. The van der Waals surface area contributed by atoms with Crippen LogP contribution in [0.3, 0.4) is 0 Å². The Balaban J connectivity index is 2.30. The molecule has 0 fully saturated rings. The first-order valence-electron chi connectivity index (χ1n) is 5.45. The summed E-state index contributed by atoms with van der Waals surface area (Å²) >= 11 is 7.67. The van der Waals surface area contributed by atoms with Gasteiger partial charge in [0.05, 0.1) is 0 Å². The van der Waals surface area contributed by atoms with Crippen LogP contribution in [0.5, 0.6) is 0 Å². The van der Waals surface area contributed by atoms with Crippen LogP contribution in [0.1, 0.15) is 18.5 Å². The Hall–Kier alpha value is -0.960. The number of hydrogen-bond donors (Lipinski definition) is 1. The Morgan fingerprint density at radius 2 is 1.88 bits per heavy atom. The van der Waals surface area contributed by atoms with Crippen LogP contribution in [0.25, 0.3) is 0 Å². The molecule has 3 heteroatoms. The van der Waals surface area contributed by atoms with E-state index in [2.05, 4.69) is 18.2 Å². The van der Waals surface area contributed by atoms with E-state index in [1.807, 2.05) is 37.3 Å². The van der Waals surface area contributed by atoms with Crippen molar-refractivity contribution in [1.82, 2.24) is 0 Å². The minimum absolute atomic E-state index is 0.0397. The van der Waals surface area contributed by atoms with Gasteiger partial charge in [0, 0.05) is 20.9 Å². The molecule has 1 unspecified atom stereocenters. The molecule has 1 nitrogen and oxygen atoms in total. The third-order valence-electron chi connectivity index (χ3n) is 2.43. The van der Waals surface area contributed by atoms with Crippen molar-refractivity contribution in [2.24, 2.45) is 5.73 Å². The first kappa shape index (κ1) is 12.5. The lowest BCUT2D eigenvalue weighted by Gasteiger charge is -2.12. The first-order chi connectivity index (χ1) is 8.16. The summed E-state index contributed by atoms with van der Waals surface area (Å²) in [5.74, 6) is 0. The molecule has 0 aromatic heterocycles. The molecule has 0 aliphatic heterocycles. The van der Waals surface area contributed by atoms with Gasteiger partial charge in [-0.15, -0.1) is 0 Å². The van der Waals surface area contributed by atoms with Crippen molar-refractivity contribution in [3.63, 3.8) is 0 Å². The van der Waals surface area contributed by atoms with E-state index in [0.29, 0.717) is 0 Å². The van der Waals surface area contributed by atoms with Gasteiger partial charge in [0.2, 0.25) is 0 Å². The Labute approximate surface area is 111 Å². The van der Waals surface area contributed by atoms with Gasteiger partial charge in [-0.1, -0.05) is 47.6 Å². The highest BCUT2D eigenvalue weighted by molar-refractivity contribution is 7.99. The van der Waals surface area contributed by atoms with Crippen molar-refractivity contribution in [3.8, 4) is 0 Å². The SMILES string of the molecule is CC(N)c1ccccc1Sc1cccc(Cl)c1. The first-order valence-corrected chi connectivity index (χ1v) is 6.64. The lowest BCUT2D eigenvalue weighted by Crippen LogP contribution is -2.05. The van der Waals surface area contributed by atoms with E-state index < -0.39 is 0 Å². The Bertz CT molecular complexity index is 511. The zero-order chi connectivity index (χ0) is 12.3. The number of rotatable bonds is 3. The van der Waals surface area contributed by atoms with Gasteiger partial charge >= 0.3 is 0 Å². The van der Waals surface area contributed by atoms with E-state index in [9.17, 15) is 0 Å². The second kappa shape index (κ2) is 5.58. The second-order valence-electron chi connectivity index (χ2n) is 3.89. The molecule has 0 saturated carbocycles. The van der Waals surface area contributed by atoms with Gasteiger partial charge in [-0.05, 0) is 36.8 Å². The fourth-order valence-electron chi connectivity index (χ4n) is 1.61. The van der Waals surface area contributed by atoms with E-state index in [0.717, 1.165) is 15.5 Å². The fourth-order valence-corrected chi connectivity index (χ4v) is 2.97. The van der Waals surface area contributed by atoms with Gasteiger partial charge in [-0.3, -0.25) is 0 Å². The quantitative estimate of drug-likeness (QED) is 0.882. The molecule has 2 aromatic carbocycles. The van der Waals surface area contributed by atoms with Gasteiger partial charge in [-0.2, -0.15) is 0 Å². The van der Waals surface area contributed by atoms with Gasteiger partial charge in [0.15, 0.2) is 0 Å². The number of halogens is 1. The maximum atomic E-state index is 5.98. The molecule has 0 radical (unpaired) electrons. The average molecular weight is 264 g/mol. The predicted octanol–water partition coefficient (Wildman–Crippen LogP) is 4.51. The molecular formula is C14H14ClNS. The highest BCUT2D eigenvalue weighted by atomic mass is 35.5. The highest BCUT2D eigenvalue weighted by Gasteiger charge is 2.07. The van der Waals surface area contributed by atoms with E-state index >= 15 is 0 Å². The molecular weight excluding hydrogens is 250 g/mol. The number of hydrogen-bond acceptors (Lipinski definition) is 2. The van der Waals surface area contributed by atoms with Crippen molar-refractivity contribution in [3.05, 3.63) is 59.1 Å². The second-order valence-corrected chi connectivity index (χ2v) is 5.44. The van der Waals surface area contributed by atoms with Gasteiger partial charge in [0.1, 0.15) is 0 Å². The van der Waals surface area contributed by atoms with E-state index in [1.54, 1.807) is 11.8 Å². The van der Waals surface area contributed by atoms with Gasteiger partial charge in [-0.25, -0.2) is 0 Å². The zero-order valence-electron chi connectivity index (χ0n) is 9.56. The topological polar surface area (TPSA) is 26.0 Å². The monoisotopic (exact) mass is 263 g/mol.